The second-order valence-electron chi connectivity index (χ2n) is 6.40. The van der Waals surface area contributed by atoms with E-state index in [0.29, 0.717) is 5.41 Å². The molecule has 0 aromatic carbocycles. The Hall–Kier alpha value is 0.270. The molecule has 0 heterocycles. The first-order valence-corrected chi connectivity index (χ1v) is 7.52. The Kier molecular flexibility index (Phi) is 5.81. The second kappa shape index (κ2) is 6.44. The fourth-order valence-electron chi connectivity index (χ4n) is 2.68. The van der Waals surface area contributed by atoms with Gasteiger partial charge in [-0.25, -0.2) is 0 Å². The smallest absolute Gasteiger partial charge is 0.0609 e. The molecule has 1 rings (SSSR count). The summed E-state index contributed by atoms with van der Waals surface area (Å²) in [6.07, 6.45) is 8.03. The van der Waals surface area contributed by atoms with Gasteiger partial charge >= 0.3 is 0 Å². The molecule has 0 bridgehead atoms. The van der Waals surface area contributed by atoms with Crippen LogP contribution in [0.3, 0.4) is 0 Å². The van der Waals surface area contributed by atoms with Crippen LogP contribution in [-0.2, 0) is 0 Å². The van der Waals surface area contributed by atoms with Crippen LogP contribution < -0.4 is 0 Å². The first-order valence-electron chi connectivity index (χ1n) is 6.89. The summed E-state index contributed by atoms with van der Waals surface area (Å²) in [5, 5.41) is 9.45. The molecule has 1 saturated carbocycles. The molecule has 0 unspecified atom stereocenters. The summed E-state index contributed by atoms with van der Waals surface area (Å²) >= 11 is 4.61. The van der Waals surface area contributed by atoms with Crippen LogP contribution in [0, 0.1) is 5.41 Å². The SMILES string of the molecule is CN(CC1(CS)CCCCCC1)C(C)(C)CO. The van der Waals surface area contributed by atoms with Crippen LogP contribution in [0.5, 0.6) is 0 Å². The molecule has 0 spiro atoms. The number of thiol groups is 1. The molecule has 0 saturated heterocycles. The molecule has 2 nitrogen and oxygen atoms in total. The van der Waals surface area contributed by atoms with Crippen LogP contribution in [0.1, 0.15) is 52.4 Å². The minimum Gasteiger partial charge on any atom is -0.394 e. The van der Waals surface area contributed by atoms with Crippen LogP contribution in [0.15, 0.2) is 0 Å². The lowest BCUT2D eigenvalue weighted by Crippen LogP contribution is -2.49. The van der Waals surface area contributed by atoms with Gasteiger partial charge in [0, 0.05) is 12.1 Å². The first-order chi connectivity index (χ1) is 7.96. The average molecular weight is 259 g/mol. The van der Waals surface area contributed by atoms with Gasteiger partial charge in [-0.2, -0.15) is 12.6 Å². The fourth-order valence-corrected chi connectivity index (χ4v) is 3.10. The van der Waals surface area contributed by atoms with Gasteiger partial charge in [0.05, 0.1) is 6.61 Å². The zero-order valence-corrected chi connectivity index (χ0v) is 12.6. The molecule has 0 amide bonds. The fraction of sp³-hybridized carbons (Fsp3) is 1.00. The molecule has 0 radical (unpaired) electrons. The summed E-state index contributed by atoms with van der Waals surface area (Å²) in [6.45, 7) is 5.49. The summed E-state index contributed by atoms with van der Waals surface area (Å²) in [7, 11) is 2.13. The summed E-state index contributed by atoms with van der Waals surface area (Å²) in [5.41, 5.74) is 0.239. The average Bonchev–Trinajstić information content (AvgIpc) is 2.55. The molecule has 3 heteroatoms. The molecule has 0 aliphatic heterocycles. The molecular weight excluding hydrogens is 230 g/mol. The van der Waals surface area contributed by atoms with E-state index in [2.05, 4.69) is 38.4 Å². The molecule has 1 aliphatic carbocycles. The van der Waals surface area contributed by atoms with E-state index < -0.39 is 0 Å². The summed E-state index contributed by atoms with van der Waals surface area (Å²) in [5.74, 6) is 0.971. The Labute approximate surface area is 112 Å². The highest BCUT2D eigenvalue weighted by atomic mass is 32.1. The Morgan fingerprint density at radius 1 is 1.18 bits per heavy atom. The van der Waals surface area contributed by atoms with Gasteiger partial charge in [0.1, 0.15) is 0 Å². The monoisotopic (exact) mass is 259 g/mol. The minimum absolute atomic E-state index is 0.123. The minimum atomic E-state index is -0.123. The molecule has 102 valence electrons. The van der Waals surface area contributed by atoms with Crippen LogP contribution in [0.4, 0.5) is 0 Å². The summed E-state index contributed by atoms with van der Waals surface area (Å²) < 4.78 is 0. The van der Waals surface area contributed by atoms with E-state index in [1.165, 1.54) is 38.5 Å². The third-order valence-corrected chi connectivity index (χ3v) is 5.16. The molecule has 0 aromatic rings. The van der Waals surface area contributed by atoms with E-state index in [1.54, 1.807) is 0 Å². The summed E-state index contributed by atoms with van der Waals surface area (Å²) in [6, 6.07) is 0. The van der Waals surface area contributed by atoms with Crippen molar-refractivity contribution in [3.05, 3.63) is 0 Å². The maximum Gasteiger partial charge on any atom is 0.0609 e. The normalized spacial score (nSPS) is 21.5. The van der Waals surface area contributed by atoms with Crippen molar-refractivity contribution in [1.29, 1.82) is 0 Å². The van der Waals surface area contributed by atoms with E-state index in [4.69, 9.17) is 0 Å². The highest BCUT2D eigenvalue weighted by Gasteiger charge is 2.34. The van der Waals surface area contributed by atoms with Crippen molar-refractivity contribution < 1.29 is 5.11 Å². The summed E-state index contributed by atoms with van der Waals surface area (Å²) in [4.78, 5) is 2.31. The van der Waals surface area contributed by atoms with Crippen molar-refractivity contribution in [2.75, 3.05) is 26.0 Å². The van der Waals surface area contributed by atoms with E-state index in [0.717, 1.165) is 12.3 Å². The largest absolute Gasteiger partial charge is 0.394 e. The van der Waals surface area contributed by atoms with Gasteiger partial charge in [0.2, 0.25) is 0 Å². The zero-order valence-electron chi connectivity index (χ0n) is 11.7. The van der Waals surface area contributed by atoms with Crippen molar-refractivity contribution >= 4 is 12.6 Å². The molecule has 1 N–H and O–H groups in total. The van der Waals surface area contributed by atoms with Crippen molar-refractivity contribution in [2.24, 2.45) is 5.41 Å². The van der Waals surface area contributed by atoms with Gasteiger partial charge < -0.3 is 5.11 Å². The lowest BCUT2D eigenvalue weighted by molar-refractivity contribution is 0.0421. The van der Waals surface area contributed by atoms with Gasteiger partial charge in [-0.15, -0.1) is 0 Å². The highest BCUT2D eigenvalue weighted by Crippen LogP contribution is 2.37. The lowest BCUT2D eigenvalue weighted by atomic mass is 9.81. The number of nitrogens with zero attached hydrogens (tertiary/aromatic N) is 1. The van der Waals surface area contributed by atoms with E-state index in [-0.39, 0.29) is 12.1 Å². The number of aliphatic hydroxyl groups is 1. The quantitative estimate of drug-likeness (QED) is 0.586. The van der Waals surface area contributed by atoms with Crippen LogP contribution in [-0.4, -0.2) is 41.5 Å². The second-order valence-corrected chi connectivity index (χ2v) is 6.72. The maximum absolute atomic E-state index is 9.45. The van der Waals surface area contributed by atoms with Crippen molar-refractivity contribution in [3.8, 4) is 0 Å². The number of rotatable bonds is 5. The van der Waals surface area contributed by atoms with Crippen LogP contribution in [0.2, 0.25) is 0 Å². The third kappa shape index (κ3) is 4.15. The van der Waals surface area contributed by atoms with E-state index >= 15 is 0 Å². The van der Waals surface area contributed by atoms with Gasteiger partial charge in [-0.3, -0.25) is 4.90 Å². The predicted molar refractivity (Wildman–Crippen MR) is 77.8 cm³/mol. The van der Waals surface area contributed by atoms with Crippen molar-refractivity contribution in [3.63, 3.8) is 0 Å². The van der Waals surface area contributed by atoms with Gasteiger partial charge in [-0.05, 0) is 44.9 Å². The van der Waals surface area contributed by atoms with Crippen LogP contribution >= 0.6 is 12.6 Å². The van der Waals surface area contributed by atoms with Gasteiger partial charge in [0.25, 0.3) is 0 Å². The molecular formula is C14H29NOS. The van der Waals surface area contributed by atoms with Gasteiger partial charge in [0.15, 0.2) is 0 Å². The lowest BCUT2D eigenvalue weighted by Gasteiger charge is -2.42. The standard InChI is InChI=1S/C14H29NOS/c1-13(2,11-16)15(3)10-14(12-17)8-6-4-5-7-9-14/h16-17H,4-12H2,1-3H3. The number of hydrogen-bond donors (Lipinski definition) is 2. The molecule has 17 heavy (non-hydrogen) atoms. The molecule has 1 aliphatic rings. The molecule has 0 aromatic heterocycles. The number of aliphatic hydroxyl groups excluding tert-OH is 1. The van der Waals surface area contributed by atoms with E-state index in [1.807, 2.05) is 0 Å². The molecule has 1 fully saturated rings. The first kappa shape index (κ1) is 15.3. The Morgan fingerprint density at radius 3 is 2.12 bits per heavy atom. The molecule has 0 atom stereocenters. The van der Waals surface area contributed by atoms with Crippen LogP contribution in [0.25, 0.3) is 0 Å². The zero-order chi connectivity index (χ0) is 12.9. The van der Waals surface area contributed by atoms with E-state index in [9.17, 15) is 5.11 Å². The maximum atomic E-state index is 9.45. The third-order valence-electron chi connectivity index (χ3n) is 4.49. The van der Waals surface area contributed by atoms with Crippen molar-refractivity contribution in [2.45, 2.75) is 57.9 Å². The highest BCUT2D eigenvalue weighted by molar-refractivity contribution is 7.80. The topological polar surface area (TPSA) is 23.5 Å². The Balaban J connectivity index is 2.67. The Morgan fingerprint density at radius 2 is 1.71 bits per heavy atom. The predicted octanol–water partition coefficient (Wildman–Crippen LogP) is 2.96. The number of hydrogen-bond acceptors (Lipinski definition) is 3. The Bertz CT molecular complexity index is 222. The number of likely N-dealkylation sites (N-methyl/N-ethyl adjacent to an activating group) is 1. The van der Waals surface area contributed by atoms with Gasteiger partial charge in [-0.1, -0.05) is 25.7 Å². The van der Waals surface area contributed by atoms with Crippen molar-refractivity contribution in [1.82, 2.24) is 4.90 Å².